The van der Waals surface area contributed by atoms with E-state index >= 15 is 0 Å². The van der Waals surface area contributed by atoms with Gasteiger partial charge in [0.2, 0.25) is 5.91 Å². The van der Waals surface area contributed by atoms with Gasteiger partial charge in [-0.1, -0.05) is 0 Å². The molecule has 21 heavy (non-hydrogen) atoms. The molecule has 0 spiro atoms. The lowest BCUT2D eigenvalue weighted by atomic mass is 9.49. The quantitative estimate of drug-likeness (QED) is 0.795. The maximum Gasteiger partial charge on any atom is 0.229 e. The van der Waals surface area contributed by atoms with Crippen LogP contribution in [0.3, 0.4) is 0 Å². The molecule has 4 nitrogen and oxygen atoms in total. The van der Waals surface area contributed by atoms with E-state index in [9.17, 15) is 4.79 Å². The highest BCUT2D eigenvalue weighted by Gasteiger charge is 2.55. The summed E-state index contributed by atoms with van der Waals surface area (Å²) in [6, 6.07) is 0. The second-order valence-corrected chi connectivity index (χ2v) is 7.96. The first-order valence-corrected chi connectivity index (χ1v) is 8.51. The van der Waals surface area contributed by atoms with Gasteiger partial charge in [0.15, 0.2) is 0 Å². The Morgan fingerprint density at radius 3 is 2.43 bits per heavy atom. The predicted molar refractivity (Wildman–Crippen MR) is 78.2 cm³/mol. The fourth-order valence-electron chi connectivity index (χ4n) is 6.05. The van der Waals surface area contributed by atoms with Gasteiger partial charge in [0, 0.05) is 25.5 Å². The van der Waals surface area contributed by atoms with Gasteiger partial charge in [0.05, 0.1) is 12.0 Å². The van der Waals surface area contributed by atoms with Crippen molar-refractivity contribution in [2.75, 3.05) is 6.54 Å². The minimum absolute atomic E-state index is 0.00348. The highest BCUT2D eigenvalue weighted by molar-refractivity contribution is 5.83. The van der Waals surface area contributed by atoms with Crippen molar-refractivity contribution in [3.05, 3.63) is 18.2 Å². The van der Waals surface area contributed by atoms with Crippen molar-refractivity contribution in [1.82, 2.24) is 14.5 Å². The smallest absolute Gasteiger partial charge is 0.229 e. The van der Waals surface area contributed by atoms with Crippen LogP contribution in [0, 0.1) is 23.2 Å². The molecule has 112 valence electrons. The molecule has 0 atom stereocenters. The summed E-state index contributed by atoms with van der Waals surface area (Å²) >= 11 is 0. The normalized spacial score (nSPS) is 40.4. The van der Waals surface area contributed by atoms with Crippen molar-refractivity contribution in [1.29, 1.82) is 0 Å². The summed E-state index contributed by atoms with van der Waals surface area (Å²) in [5.74, 6) is 4.03. The molecule has 0 N–H and O–H groups in total. The van der Waals surface area contributed by atoms with Crippen molar-refractivity contribution >= 4 is 5.91 Å². The molecule has 6 rings (SSSR count). The topological polar surface area (TPSA) is 38.1 Å². The van der Waals surface area contributed by atoms with Gasteiger partial charge in [-0.2, -0.15) is 0 Å². The molecule has 0 aromatic carbocycles. The molecule has 0 saturated heterocycles. The lowest BCUT2D eigenvalue weighted by Gasteiger charge is -2.56. The van der Waals surface area contributed by atoms with Crippen molar-refractivity contribution in [2.24, 2.45) is 23.2 Å². The Bertz CT molecular complexity index is 555. The molecular formula is C17H23N3O. The monoisotopic (exact) mass is 285 g/mol. The van der Waals surface area contributed by atoms with Crippen LogP contribution in [0.1, 0.15) is 44.3 Å². The van der Waals surface area contributed by atoms with Gasteiger partial charge in [-0.25, -0.2) is 4.98 Å². The minimum Gasteiger partial charge on any atom is -0.333 e. The van der Waals surface area contributed by atoms with Crippen LogP contribution in [0.2, 0.25) is 0 Å². The first kappa shape index (κ1) is 12.2. The third kappa shape index (κ3) is 1.74. The standard InChI is InChI=1S/C17H23N3O/c21-16(20-4-3-19-2-1-18-15(19)11-20)17-8-12-5-13(9-17)7-14(6-12)10-17/h1-2,12-14H,3-11H2. The molecule has 4 fully saturated rings. The van der Waals surface area contributed by atoms with E-state index in [0.29, 0.717) is 12.5 Å². The van der Waals surface area contributed by atoms with E-state index in [2.05, 4.69) is 14.5 Å². The van der Waals surface area contributed by atoms with Crippen LogP contribution in [0.5, 0.6) is 0 Å². The number of hydrogen-bond donors (Lipinski definition) is 0. The lowest BCUT2D eigenvalue weighted by Crippen LogP contribution is -2.55. The zero-order valence-electron chi connectivity index (χ0n) is 12.5. The van der Waals surface area contributed by atoms with E-state index in [4.69, 9.17) is 0 Å². The van der Waals surface area contributed by atoms with E-state index in [1.54, 1.807) is 0 Å². The van der Waals surface area contributed by atoms with Gasteiger partial charge in [-0.3, -0.25) is 4.79 Å². The largest absolute Gasteiger partial charge is 0.333 e. The summed E-state index contributed by atoms with van der Waals surface area (Å²) in [5, 5.41) is 0. The van der Waals surface area contributed by atoms with Crippen LogP contribution in [-0.2, 0) is 17.9 Å². The van der Waals surface area contributed by atoms with Crippen molar-refractivity contribution in [3.8, 4) is 0 Å². The maximum atomic E-state index is 13.3. The molecule has 1 aromatic rings. The Morgan fingerprint density at radius 1 is 1.10 bits per heavy atom. The predicted octanol–water partition coefficient (Wildman–Crippen LogP) is 2.44. The molecule has 4 heteroatoms. The molecule has 4 aliphatic carbocycles. The number of imidazole rings is 1. The SMILES string of the molecule is O=C(N1CCn2ccnc2C1)C12CC3CC(CC(C3)C1)C2. The van der Waals surface area contributed by atoms with Gasteiger partial charge < -0.3 is 9.47 Å². The number of hydrogen-bond acceptors (Lipinski definition) is 2. The van der Waals surface area contributed by atoms with Gasteiger partial charge in [-0.15, -0.1) is 0 Å². The maximum absolute atomic E-state index is 13.3. The van der Waals surface area contributed by atoms with E-state index in [-0.39, 0.29) is 5.41 Å². The van der Waals surface area contributed by atoms with E-state index in [0.717, 1.165) is 36.7 Å². The van der Waals surface area contributed by atoms with E-state index < -0.39 is 0 Å². The number of carbonyl (C=O) groups is 1. The number of aromatic nitrogens is 2. The van der Waals surface area contributed by atoms with Gasteiger partial charge in [0.1, 0.15) is 5.82 Å². The van der Waals surface area contributed by atoms with Gasteiger partial charge in [-0.05, 0) is 56.3 Å². The van der Waals surface area contributed by atoms with Crippen LogP contribution in [0.25, 0.3) is 0 Å². The number of nitrogens with zero attached hydrogens (tertiary/aromatic N) is 3. The molecule has 1 aliphatic heterocycles. The molecule has 5 aliphatic rings. The third-order valence-corrected chi connectivity index (χ3v) is 6.52. The second kappa shape index (κ2) is 4.11. The molecule has 4 saturated carbocycles. The first-order chi connectivity index (χ1) is 10.2. The minimum atomic E-state index is 0.00348. The highest BCUT2D eigenvalue weighted by atomic mass is 16.2. The van der Waals surface area contributed by atoms with Crippen LogP contribution in [0.4, 0.5) is 0 Å². The van der Waals surface area contributed by atoms with Crippen molar-refractivity contribution in [2.45, 2.75) is 51.6 Å². The van der Waals surface area contributed by atoms with Crippen LogP contribution >= 0.6 is 0 Å². The average Bonchev–Trinajstić information content (AvgIpc) is 2.92. The molecule has 0 radical (unpaired) electrons. The van der Waals surface area contributed by atoms with E-state index in [1.165, 1.54) is 38.5 Å². The molecule has 0 unspecified atom stereocenters. The molecule has 2 heterocycles. The lowest BCUT2D eigenvalue weighted by molar-refractivity contribution is -0.159. The number of rotatable bonds is 1. The summed E-state index contributed by atoms with van der Waals surface area (Å²) in [7, 11) is 0. The molecule has 4 bridgehead atoms. The molecule has 1 amide bonds. The number of carbonyl (C=O) groups excluding carboxylic acids is 1. The van der Waals surface area contributed by atoms with Gasteiger partial charge >= 0.3 is 0 Å². The molecular weight excluding hydrogens is 262 g/mol. The number of fused-ring (bicyclic) bond motifs is 1. The summed E-state index contributed by atoms with van der Waals surface area (Å²) in [4.78, 5) is 19.8. The highest BCUT2D eigenvalue weighted by Crippen LogP contribution is 2.60. The Labute approximate surface area is 125 Å². The van der Waals surface area contributed by atoms with Crippen LogP contribution < -0.4 is 0 Å². The Morgan fingerprint density at radius 2 is 1.76 bits per heavy atom. The third-order valence-electron chi connectivity index (χ3n) is 6.52. The Kier molecular flexibility index (Phi) is 2.40. The van der Waals surface area contributed by atoms with Gasteiger partial charge in [0.25, 0.3) is 0 Å². The fraction of sp³-hybridized carbons (Fsp3) is 0.765. The number of amides is 1. The molecule has 1 aromatic heterocycles. The Hall–Kier alpha value is -1.32. The first-order valence-electron chi connectivity index (χ1n) is 8.51. The summed E-state index contributed by atoms with van der Waals surface area (Å²) in [6.07, 6.45) is 11.6. The summed E-state index contributed by atoms with van der Waals surface area (Å²) in [5.41, 5.74) is 0.00348. The zero-order valence-corrected chi connectivity index (χ0v) is 12.5. The zero-order chi connectivity index (χ0) is 14.0. The Balaban J connectivity index is 1.42. The van der Waals surface area contributed by atoms with E-state index in [1.807, 2.05) is 12.4 Å². The van der Waals surface area contributed by atoms with Crippen LogP contribution in [-0.4, -0.2) is 26.9 Å². The fourth-order valence-corrected chi connectivity index (χ4v) is 6.05. The van der Waals surface area contributed by atoms with Crippen LogP contribution in [0.15, 0.2) is 12.4 Å². The summed E-state index contributed by atoms with van der Waals surface area (Å²) < 4.78 is 2.18. The van der Waals surface area contributed by atoms with Crippen molar-refractivity contribution in [3.63, 3.8) is 0 Å². The second-order valence-electron chi connectivity index (χ2n) is 7.96. The summed E-state index contributed by atoms with van der Waals surface area (Å²) in [6.45, 7) is 2.49. The van der Waals surface area contributed by atoms with Crippen molar-refractivity contribution < 1.29 is 4.79 Å². The average molecular weight is 285 g/mol.